The van der Waals surface area contributed by atoms with Crippen LogP contribution in [0.4, 0.5) is 4.39 Å². The minimum absolute atomic E-state index is 0.400. The lowest BCUT2D eigenvalue weighted by Crippen LogP contribution is -2.41. The van der Waals surface area contributed by atoms with Crippen molar-refractivity contribution in [3.8, 4) is 5.88 Å². The largest absolute Gasteiger partial charge is 0.498 e. The Morgan fingerprint density at radius 1 is 1.39 bits per heavy atom. The normalized spacial score (nSPS) is 25.8. The number of hydrogen-bond donors (Lipinski definition) is 0. The van der Waals surface area contributed by atoms with E-state index in [2.05, 4.69) is 9.72 Å². The lowest BCUT2D eigenvalue weighted by Gasteiger charge is -2.32. The van der Waals surface area contributed by atoms with Gasteiger partial charge in [0.2, 0.25) is 5.88 Å². The molecular weight excluding hydrogens is 236 g/mol. The van der Waals surface area contributed by atoms with Crippen LogP contribution in [-0.2, 0) is 9.31 Å². The molecule has 1 aliphatic rings. The number of nitrogens with zero attached hydrogens (tertiary/aromatic N) is 1. The molecule has 0 unspecified atom stereocenters. The molecular formula is C12H17BFNO3. The van der Waals surface area contributed by atoms with Crippen LogP contribution in [0.25, 0.3) is 0 Å². The van der Waals surface area contributed by atoms with E-state index in [1.165, 1.54) is 0 Å². The van der Waals surface area contributed by atoms with Crippen molar-refractivity contribution in [1.29, 1.82) is 0 Å². The molecule has 0 aliphatic carbocycles. The van der Waals surface area contributed by atoms with E-state index in [1.54, 1.807) is 27.7 Å². The van der Waals surface area contributed by atoms with Gasteiger partial charge in [0.1, 0.15) is 5.82 Å². The van der Waals surface area contributed by atoms with Gasteiger partial charge in [-0.3, -0.25) is 0 Å². The van der Waals surface area contributed by atoms with E-state index in [-0.39, 0.29) is 0 Å². The Balaban J connectivity index is 2.51. The molecule has 1 aromatic rings. The summed E-state index contributed by atoms with van der Waals surface area (Å²) in [5.41, 5.74) is -1.97. The SMILES string of the molecule is [2H]c1nc(OC([2H])([2H])[2H])c([2H])c(B2OC(C)(C)C(C)(C)O2)c1F. The summed E-state index contributed by atoms with van der Waals surface area (Å²) < 4.78 is 66.9. The van der Waals surface area contributed by atoms with Crippen LogP contribution < -0.4 is 10.2 Å². The summed E-state index contributed by atoms with van der Waals surface area (Å²) in [4.78, 5) is 3.37. The quantitative estimate of drug-likeness (QED) is 0.754. The van der Waals surface area contributed by atoms with Crippen molar-refractivity contribution >= 4 is 12.6 Å². The summed E-state index contributed by atoms with van der Waals surface area (Å²) in [6.45, 7) is 6.99. The maximum absolute atomic E-state index is 14.3. The highest BCUT2D eigenvalue weighted by molar-refractivity contribution is 6.62. The van der Waals surface area contributed by atoms with Crippen molar-refractivity contribution in [2.75, 3.05) is 7.04 Å². The molecule has 0 aromatic carbocycles. The first-order valence-electron chi connectivity index (χ1n) is 7.96. The molecule has 2 rings (SSSR count). The molecule has 1 aromatic heterocycles. The number of hydrogen-bond acceptors (Lipinski definition) is 4. The Hall–Kier alpha value is -1.14. The third-order valence-electron chi connectivity index (χ3n) is 3.32. The Bertz CT molecular complexity index is 622. The maximum Gasteiger partial charge on any atom is 0.498 e. The van der Waals surface area contributed by atoms with Gasteiger partial charge in [0.15, 0.2) is 0 Å². The topological polar surface area (TPSA) is 40.6 Å². The van der Waals surface area contributed by atoms with Crippen LogP contribution in [-0.4, -0.2) is 30.3 Å². The molecule has 4 nitrogen and oxygen atoms in total. The Morgan fingerprint density at radius 2 is 2.00 bits per heavy atom. The highest BCUT2D eigenvalue weighted by atomic mass is 19.1. The fourth-order valence-corrected chi connectivity index (χ4v) is 1.53. The van der Waals surface area contributed by atoms with E-state index >= 15 is 0 Å². The van der Waals surface area contributed by atoms with E-state index in [9.17, 15) is 4.39 Å². The van der Waals surface area contributed by atoms with Gasteiger partial charge in [-0.05, 0) is 27.7 Å². The van der Waals surface area contributed by atoms with Crippen LogP contribution in [0.5, 0.6) is 5.88 Å². The third-order valence-corrected chi connectivity index (χ3v) is 3.32. The standard InChI is InChI=1S/C12H17BFNO3/c1-11(2)12(3,4)18-13(17-11)8-6-10(16-5)15-7-9(8)14/h6-7H,1-5H3/i5D3,6D,7D. The van der Waals surface area contributed by atoms with E-state index in [4.69, 9.17) is 16.2 Å². The molecule has 0 amide bonds. The van der Waals surface area contributed by atoms with Gasteiger partial charge in [-0.15, -0.1) is 0 Å². The van der Waals surface area contributed by atoms with Crippen molar-refractivity contribution in [1.82, 2.24) is 4.98 Å². The molecule has 0 spiro atoms. The zero-order valence-electron chi connectivity index (χ0n) is 15.6. The molecule has 6 heteroatoms. The molecule has 0 saturated carbocycles. The molecule has 0 bridgehead atoms. The second-order valence-electron chi connectivity index (χ2n) is 5.07. The number of ether oxygens (including phenoxy) is 1. The Morgan fingerprint density at radius 3 is 2.56 bits per heavy atom. The van der Waals surface area contributed by atoms with Gasteiger partial charge in [-0.25, -0.2) is 9.37 Å². The monoisotopic (exact) mass is 258 g/mol. The summed E-state index contributed by atoms with van der Waals surface area (Å²) in [5.74, 6) is -1.77. The highest BCUT2D eigenvalue weighted by Crippen LogP contribution is 2.36. The molecule has 1 aliphatic heterocycles. The first kappa shape index (κ1) is 8.12. The van der Waals surface area contributed by atoms with Crippen LogP contribution in [0.1, 0.15) is 34.5 Å². The number of pyridine rings is 1. The van der Waals surface area contributed by atoms with Gasteiger partial charge >= 0.3 is 7.12 Å². The summed E-state index contributed by atoms with van der Waals surface area (Å²) in [6.07, 6.45) is -0.843. The minimum Gasteiger partial charge on any atom is -0.481 e. The van der Waals surface area contributed by atoms with Crippen molar-refractivity contribution in [3.05, 3.63) is 18.0 Å². The molecule has 0 atom stereocenters. The van der Waals surface area contributed by atoms with E-state index in [1.807, 2.05) is 0 Å². The molecule has 1 fully saturated rings. The van der Waals surface area contributed by atoms with Crippen LogP contribution in [0.3, 0.4) is 0 Å². The fraction of sp³-hybridized carbons (Fsp3) is 0.583. The highest BCUT2D eigenvalue weighted by Gasteiger charge is 2.52. The number of aromatic nitrogens is 1. The lowest BCUT2D eigenvalue weighted by molar-refractivity contribution is 0.00578. The zero-order valence-corrected chi connectivity index (χ0v) is 10.6. The molecule has 0 N–H and O–H groups in total. The van der Waals surface area contributed by atoms with Gasteiger partial charge in [0, 0.05) is 11.5 Å². The summed E-state index contributed by atoms with van der Waals surface area (Å²) in [7, 11) is -4.14. The van der Waals surface area contributed by atoms with Gasteiger partial charge in [-0.2, -0.15) is 0 Å². The summed E-state index contributed by atoms with van der Waals surface area (Å²) in [6, 6.07) is -0.617. The molecule has 2 heterocycles. The molecule has 1 saturated heterocycles. The molecule has 0 radical (unpaired) electrons. The average molecular weight is 258 g/mol. The first-order valence-corrected chi connectivity index (χ1v) is 5.46. The van der Waals surface area contributed by atoms with Gasteiger partial charge in [0.25, 0.3) is 0 Å². The van der Waals surface area contributed by atoms with Crippen LogP contribution in [0, 0.1) is 5.82 Å². The Kier molecular flexibility index (Phi) is 1.90. The van der Waals surface area contributed by atoms with E-state index < -0.39 is 54.7 Å². The zero-order chi connectivity index (χ0) is 17.8. The van der Waals surface area contributed by atoms with Gasteiger partial charge in [0.05, 0.1) is 31.3 Å². The lowest BCUT2D eigenvalue weighted by atomic mass is 9.79. The van der Waals surface area contributed by atoms with Crippen molar-refractivity contribution in [3.63, 3.8) is 0 Å². The van der Waals surface area contributed by atoms with Crippen LogP contribution in [0.15, 0.2) is 12.2 Å². The predicted octanol–water partition coefficient (Wildman–Crippen LogP) is 1.53. The second kappa shape index (κ2) is 4.21. The minimum atomic E-state index is -2.87. The molecule has 18 heavy (non-hydrogen) atoms. The van der Waals surface area contributed by atoms with E-state index in [0.717, 1.165) is 0 Å². The maximum atomic E-state index is 14.3. The summed E-state index contributed by atoms with van der Waals surface area (Å²) >= 11 is 0. The predicted molar refractivity (Wildman–Crippen MR) is 66.5 cm³/mol. The van der Waals surface area contributed by atoms with Crippen LogP contribution >= 0.6 is 0 Å². The van der Waals surface area contributed by atoms with Crippen molar-refractivity contribution in [2.45, 2.75) is 38.9 Å². The van der Waals surface area contributed by atoms with Gasteiger partial charge < -0.3 is 14.0 Å². The smallest absolute Gasteiger partial charge is 0.481 e. The van der Waals surface area contributed by atoms with Gasteiger partial charge in [-0.1, -0.05) is 0 Å². The number of methoxy groups -OCH3 is 1. The first-order chi connectivity index (χ1) is 10.3. The number of rotatable bonds is 2. The number of halogens is 1. The van der Waals surface area contributed by atoms with E-state index in [0.29, 0.717) is 0 Å². The third kappa shape index (κ3) is 2.10. The van der Waals surface area contributed by atoms with Crippen molar-refractivity contribution < 1.29 is 25.3 Å². The second-order valence-corrected chi connectivity index (χ2v) is 5.07. The molecule has 98 valence electrons. The average Bonchev–Trinajstić information content (AvgIpc) is 2.53. The Labute approximate surface area is 114 Å². The summed E-state index contributed by atoms with van der Waals surface area (Å²) in [5, 5.41) is 0. The fourth-order valence-electron chi connectivity index (χ4n) is 1.53. The van der Waals surface area contributed by atoms with Crippen molar-refractivity contribution in [2.24, 2.45) is 0 Å². The van der Waals surface area contributed by atoms with Crippen LogP contribution in [0.2, 0.25) is 0 Å².